The van der Waals surface area contributed by atoms with Gasteiger partial charge in [0, 0.05) is 53.5 Å². The molecule has 0 aliphatic carbocycles. The van der Waals surface area contributed by atoms with Crippen LogP contribution in [0.1, 0.15) is 33.1 Å². The molecule has 1 aromatic carbocycles. The molecule has 9 heterocycles. The lowest BCUT2D eigenvalue weighted by Crippen LogP contribution is -2.59. The number of nitrogens with zero attached hydrogens (tertiary/aromatic N) is 5. The summed E-state index contributed by atoms with van der Waals surface area (Å²) in [5.74, 6) is -0.676. The molecule has 0 saturated carbocycles. The van der Waals surface area contributed by atoms with Crippen molar-refractivity contribution in [2.24, 2.45) is 0 Å². The van der Waals surface area contributed by atoms with Crippen molar-refractivity contribution >= 4 is 52.3 Å². The zero-order valence-corrected chi connectivity index (χ0v) is 33.7. The number of hydrogen-bond donors (Lipinski definition) is 5. The quantitative estimate of drug-likeness (QED) is 0.0972. The Labute approximate surface area is 359 Å². The van der Waals surface area contributed by atoms with Gasteiger partial charge in [0.15, 0.2) is 6.29 Å². The number of benzene rings is 1. The first-order valence-electron chi connectivity index (χ1n) is 20.2. The fourth-order valence-electron chi connectivity index (χ4n) is 8.11. The molecule has 0 unspecified atom stereocenters. The Kier molecular flexibility index (Phi) is 10.6. The summed E-state index contributed by atoms with van der Waals surface area (Å²) in [6.07, 6.45) is 6.36. The second-order valence-corrected chi connectivity index (χ2v) is 15.1. The molecule has 1 saturated heterocycles. The third-order valence-electron chi connectivity index (χ3n) is 11.2. The largest absolute Gasteiger partial charge is 0.459 e. The molecule has 5 N–H and O–H groups in total. The monoisotopic (exact) mass is 837 g/mol. The number of aromatic amines is 2. The Morgan fingerprint density at radius 1 is 0.571 bits per heavy atom. The summed E-state index contributed by atoms with van der Waals surface area (Å²) in [4.78, 5) is 45.5. The van der Waals surface area contributed by atoms with Crippen molar-refractivity contribution in [3.05, 3.63) is 150 Å². The lowest BCUT2D eigenvalue weighted by atomic mass is 9.99. The summed E-state index contributed by atoms with van der Waals surface area (Å²) in [6, 6.07) is 32.3. The van der Waals surface area contributed by atoms with E-state index in [-0.39, 0.29) is 12.2 Å². The van der Waals surface area contributed by atoms with Crippen LogP contribution in [0.25, 0.3) is 91.3 Å². The zero-order valence-electron chi connectivity index (χ0n) is 33.7. The maximum absolute atomic E-state index is 13.3. The summed E-state index contributed by atoms with van der Waals surface area (Å²) < 4.78 is 16.1. The smallest absolute Gasteiger partial charge is 0.338 e. The highest BCUT2D eigenvalue weighted by Crippen LogP contribution is 2.37. The minimum absolute atomic E-state index is 0.240. The molecule has 10 rings (SSSR count). The van der Waals surface area contributed by atoms with E-state index in [1.165, 1.54) is 7.11 Å². The zero-order chi connectivity index (χ0) is 43.0. The van der Waals surface area contributed by atoms with Crippen LogP contribution in [0.2, 0.25) is 0 Å². The van der Waals surface area contributed by atoms with Gasteiger partial charge in [-0.05, 0) is 103 Å². The Morgan fingerprint density at radius 3 is 1.44 bits per heavy atom. The molecule has 0 spiro atoms. The number of aliphatic hydroxyl groups excluding tert-OH is 3. The van der Waals surface area contributed by atoms with E-state index in [9.17, 15) is 20.1 Å². The van der Waals surface area contributed by atoms with Crippen molar-refractivity contribution in [1.29, 1.82) is 0 Å². The normalized spacial score (nSPS) is 19.3. The number of methoxy groups -OCH3 is 1. The number of rotatable bonds is 8. The van der Waals surface area contributed by atoms with Gasteiger partial charge < -0.3 is 39.5 Å². The lowest BCUT2D eigenvalue weighted by Gasteiger charge is -2.39. The van der Waals surface area contributed by atoms with Gasteiger partial charge in [0.05, 0.1) is 62.0 Å². The van der Waals surface area contributed by atoms with Crippen LogP contribution >= 0.6 is 0 Å². The van der Waals surface area contributed by atoms with E-state index in [1.807, 2.05) is 115 Å². The summed E-state index contributed by atoms with van der Waals surface area (Å²) in [6.45, 7) is -0.386. The van der Waals surface area contributed by atoms with E-state index in [0.717, 1.165) is 72.7 Å². The van der Waals surface area contributed by atoms with Crippen LogP contribution in [0.5, 0.6) is 0 Å². The SMILES string of the molecule is CO[C@@H]1O[C@H](COC(=O)c2ccc(-c3c4nc(c(-c5ccccn5)c5ccc([nH]5)c(-c5ccccn5)c5nc(c(-c6ccccn6)c6ccc3[nH]6)C=C5)C=C4)cc2)[C@H](O)[C@H](O)[C@H]1O. The van der Waals surface area contributed by atoms with Gasteiger partial charge in [0.1, 0.15) is 31.0 Å². The molecule has 63 heavy (non-hydrogen) atoms. The average molecular weight is 838 g/mol. The molecular weight excluding hydrogens is 799 g/mol. The molecule has 5 atom stereocenters. The average Bonchev–Trinajstić information content (AvgIpc) is 4.18. The van der Waals surface area contributed by atoms with Crippen LogP contribution in [0.3, 0.4) is 0 Å². The first-order valence-corrected chi connectivity index (χ1v) is 20.2. The molecule has 312 valence electrons. The Bertz CT molecular complexity index is 3020. The van der Waals surface area contributed by atoms with Crippen LogP contribution in [0.4, 0.5) is 0 Å². The maximum Gasteiger partial charge on any atom is 0.338 e. The van der Waals surface area contributed by atoms with Crippen molar-refractivity contribution in [2.45, 2.75) is 30.7 Å². The van der Waals surface area contributed by atoms with Gasteiger partial charge in [-0.3, -0.25) is 15.0 Å². The van der Waals surface area contributed by atoms with Crippen molar-refractivity contribution < 1.29 is 34.3 Å². The van der Waals surface area contributed by atoms with Crippen LogP contribution in [-0.2, 0) is 14.2 Å². The first kappa shape index (κ1) is 39.7. The van der Waals surface area contributed by atoms with E-state index in [1.54, 1.807) is 30.7 Å². The minimum atomic E-state index is -1.55. The number of pyridine rings is 3. The van der Waals surface area contributed by atoms with Gasteiger partial charge in [-0.2, -0.15) is 0 Å². The van der Waals surface area contributed by atoms with Crippen molar-refractivity contribution in [3.63, 3.8) is 0 Å². The van der Waals surface area contributed by atoms with E-state index in [4.69, 9.17) is 39.1 Å². The molecule has 3 aliphatic heterocycles. The third kappa shape index (κ3) is 7.52. The fraction of sp³-hybridized carbons (Fsp3) is 0.143. The molecule has 7 aromatic rings. The number of nitrogens with one attached hydrogen (secondary N) is 2. The standard InChI is InChI=1S/C49H39N7O7/c1-61-49-47(59)46(58)45(57)40(63-49)26-62-48(60)28-13-11-27(12-14-28)41-32-15-17-34(53-32)42(29-8-2-5-23-50-29)36-19-21-38(55-36)44(31-10-4-7-25-52-31)39-22-20-37(56-39)43(30-9-3-6-24-51-30)35-18-16-33(41)54-35/h2-25,40,45-47,49,53,56-59H,26H2,1H3/t40-,45+,46+,47-,49-/m1/s1. The van der Waals surface area contributed by atoms with Gasteiger partial charge in [-0.15, -0.1) is 0 Å². The molecule has 14 heteroatoms. The van der Waals surface area contributed by atoms with Gasteiger partial charge in [0.25, 0.3) is 0 Å². The second-order valence-electron chi connectivity index (χ2n) is 15.1. The molecule has 8 bridgehead atoms. The van der Waals surface area contributed by atoms with E-state index < -0.39 is 36.7 Å². The predicted octanol–water partition coefficient (Wildman–Crippen LogP) is 7.12. The molecule has 1 fully saturated rings. The molecule has 14 nitrogen and oxygen atoms in total. The number of ether oxygens (including phenoxy) is 3. The van der Waals surface area contributed by atoms with Gasteiger partial charge in [-0.25, -0.2) is 14.8 Å². The maximum atomic E-state index is 13.3. The van der Waals surface area contributed by atoms with Crippen molar-refractivity contribution in [1.82, 2.24) is 34.9 Å². The molecule has 3 aliphatic rings. The number of esters is 1. The number of carbonyl (C=O) groups is 1. The van der Waals surface area contributed by atoms with Crippen LogP contribution in [0.15, 0.2) is 122 Å². The summed E-state index contributed by atoms with van der Waals surface area (Å²) in [5, 5.41) is 30.9. The number of aromatic nitrogens is 7. The minimum Gasteiger partial charge on any atom is -0.459 e. The summed E-state index contributed by atoms with van der Waals surface area (Å²) in [5.41, 5.74) is 12.2. The fourth-order valence-corrected chi connectivity index (χ4v) is 8.11. The molecule has 0 radical (unpaired) electrons. The van der Waals surface area contributed by atoms with Gasteiger partial charge >= 0.3 is 5.97 Å². The topological polar surface area (TPSA) is 201 Å². The third-order valence-corrected chi connectivity index (χ3v) is 11.2. The molecule has 6 aromatic heterocycles. The second kappa shape index (κ2) is 16.8. The highest BCUT2D eigenvalue weighted by Gasteiger charge is 2.44. The number of H-pyrrole nitrogens is 2. The number of carbonyl (C=O) groups excluding carboxylic acids is 1. The number of fused-ring (bicyclic) bond motifs is 8. The summed E-state index contributed by atoms with van der Waals surface area (Å²) >= 11 is 0. The first-order chi connectivity index (χ1) is 30.8. The lowest BCUT2D eigenvalue weighted by molar-refractivity contribution is -0.294. The highest BCUT2D eigenvalue weighted by molar-refractivity contribution is 5.99. The van der Waals surface area contributed by atoms with Crippen LogP contribution in [-0.4, -0.2) is 101 Å². The van der Waals surface area contributed by atoms with Crippen LogP contribution < -0.4 is 0 Å². The highest BCUT2D eigenvalue weighted by atomic mass is 16.7. The Morgan fingerprint density at radius 2 is 1.02 bits per heavy atom. The Balaban J connectivity index is 1.16. The van der Waals surface area contributed by atoms with Gasteiger partial charge in [0.2, 0.25) is 0 Å². The van der Waals surface area contributed by atoms with Gasteiger partial charge in [-0.1, -0.05) is 30.3 Å². The van der Waals surface area contributed by atoms with E-state index in [2.05, 4.69) is 9.97 Å². The summed E-state index contributed by atoms with van der Waals surface area (Å²) in [7, 11) is 1.30. The van der Waals surface area contributed by atoms with E-state index in [0.29, 0.717) is 17.1 Å². The predicted molar refractivity (Wildman–Crippen MR) is 238 cm³/mol. The molecule has 0 amide bonds. The van der Waals surface area contributed by atoms with Crippen molar-refractivity contribution in [3.8, 4) is 44.9 Å². The molecular formula is C49H39N7O7. The van der Waals surface area contributed by atoms with Crippen molar-refractivity contribution in [2.75, 3.05) is 13.7 Å². The van der Waals surface area contributed by atoms with Crippen LogP contribution in [0, 0.1) is 0 Å². The Hall–Kier alpha value is -7.46. The number of aliphatic hydroxyl groups is 3. The number of hydrogen-bond acceptors (Lipinski definition) is 12. The van der Waals surface area contributed by atoms with E-state index >= 15 is 0 Å².